The Hall–Kier alpha value is -0.120. The molecule has 3 nitrogen and oxygen atoms in total. The Labute approximate surface area is 99.6 Å². The normalized spacial score (nSPS) is 27.2. The van der Waals surface area contributed by atoms with Crippen molar-refractivity contribution in [3.05, 3.63) is 0 Å². The van der Waals surface area contributed by atoms with E-state index in [-0.39, 0.29) is 0 Å². The number of hydrogen-bond acceptors (Lipinski definition) is 3. The fourth-order valence-electron chi connectivity index (χ4n) is 2.42. The van der Waals surface area contributed by atoms with E-state index in [1.165, 1.54) is 25.7 Å². The predicted molar refractivity (Wildman–Crippen MR) is 66.5 cm³/mol. The van der Waals surface area contributed by atoms with E-state index in [2.05, 4.69) is 19.2 Å². The number of ether oxygens (including phenoxy) is 1. The molecule has 0 aromatic rings. The third-order valence-corrected chi connectivity index (χ3v) is 3.36. The van der Waals surface area contributed by atoms with Crippen LogP contribution in [0.1, 0.15) is 46.0 Å². The van der Waals surface area contributed by atoms with Crippen molar-refractivity contribution in [2.45, 2.75) is 58.2 Å². The highest BCUT2D eigenvalue weighted by atomic mass is 16.5. The van der Waals surface area contributed by atoms with Crippen LogP contribution in [0.3, 0.4) is 0 Å². The first-order valence-electron chi connectivity index (χ1n) is 6.73. The molecule has 3 heteroatoms. The van der Waals surface area contributed by atoms with Crippen LogP contribution in [-0.4, -0.2) is 37.0 Å². The second-order valence-electron chi connectivity index (χ2n) is 4.97. The molecule has 2 N–H and O–H groups in total. The molecule has 0 aromatic heterocycles. The van der Waals surface area contributed by atoms with Crippen molar-refractivity contribution in [2.75, 3.05) is 19.7 Å². The summed E-state index contributed by atoms with van der Waals surface area (Å²) in [5.41, 5.74) is 0. The van der Waals surface area contributed by atoms with Gasteiger partial charge in [0.25, 0.3) is 0 Å². The van der Waals surface area contributed by atoms with Crippen LogP contribution in [0.15, 0.2) is 0 Å². The summed E-state index contributed by atoms with van der Waals surface area (Å²) in [6, 6.07) is 0. The van der Waals surface area contributed by atoms with Gasteiger partial charge in [-0.2, -0.15) is 0 Å². The van der Waals surface area contributed by atoms with Gasteiger partial charge >= 0.3 is 0 Å². The van der Waals surface area contributed by atoms with Gasteiger partial charge in [-0.15, -0.1) is 0 Å². The van der Waals surface area contributed by atoms with Crippen molar-refractivity contribution in [1.82, 2.24) is 5.32 Å². The third-order valence-electron chi connectivity index (χ3n) is 3.36. The van der Waals surface area contributed by atoms with Crippen molar-refractivity contribution in [3.8, 4) is 0 Å². The molecule has 0 radical (unpaired) electrons. The molecule has 3 atom stereocenters. The fraction of sp³-hybridized carbons (Fsp3) is 1.00. The lowest BCUT2D eigenvalue weighted by Gasteiger charge is -2.18. The lowest BCUT2D eigenvalue weighted by Crippen LogP contribution is -2.31. The number of rotatable bonds is 8. The lowest BCUT2D eigenvalue weighted by molar-refractivity contribution is 0.0553. The molecule has 0 saturated carbocycles. The largest absolute Gasteiger partial charge is 0.396 e. The van der Waals surface area contributed by atoms with Gasteiger partial charge in [0.05, 0.1) is 12.2 Å². The first kappa shape index (κ1) is 13.9. The Morgan fingerprint density at radius 1 is 1.38 bits per heavy atom. The minimum Gasteiger partial charge on any atom is -0.396 e. The Balaban J connectivity index is 2.07. The highest BCUT2D eigenvalue weighted by Gasteiger charge is 2.21. The van der Waals surface area contributed by atoms with Crippen molar-refractivity contribution in [2.24, 2.45) is 5.92 Å². The number of aliphatic hydroxyl groups excluding tert-OH is 1. The summed E-state index contributed by atoms with van der Waals surface area (Å²) in [6.07, 6.45) is 6.55. The molecule has 1 rings (SSSR count). The van der Waals surface area contributed by atoms with Crippen LogP contribution >= 0.6 is 0 Å². The van der Waals surface area contributed by atoms with E-state index in [0.717, 1.165) is 19.5 Å². The van der Waals surface area contributed by atoms with E-state index in [1.807, 2.05) is 0 Å². The maximum Gasteiger partial charge on any atom is 0.0704 e. The van der Waals surface area contributed by atoms with Crippen molar-refractivity contribution < 1.29 is 9.84 Å². The van der Waals surface area contributed by atoms with Gasteiger partial charge in [0.1, 0.15) is 0 Å². The minimum absolute atomic E-state index is 0.309. The number of hydrogen-bond donors (Lipinski definition) is 2. The molecule has 0 bridgehead atoms. The molecule has 96 valence electrons. The van der Waals surface area contributed by atoms with Gasteiger partial charge in [-0.3, -0.25) is 0 Å². The van der Waals surface area contributed by atoms with Crippen LogP contribution in [0.4, 0.5) is 0 Å². The van der Waals surface area contributed by atoms with E-state index >= 15 is 0 Å². The molecular formula is C13H27NO2. The van der Waals surface area contributed by atoms with Gasteiger partial charge in [-0.1, -0.05) is 13.3 Å². The molecule has 1 fully saturated rings. The average molecular weight is 229 g/mol. The molecule has 0 aromatic carbocycles. The van der Waals surface area contributed by atoms with Crippen LogP contribution in [0.5, 0.6) is 0 Å². The van der Waals surface area contributed by atoms with Gasteiger partial charge < -0.3 is 15.2 Å². The second-order valence-corrected chi connectivity index (χ2v) is 4.97. The molecule has 16 heavy (non-hydrogen) atoms. The minimum atomic E-state index is 0.309. The van der Waals surface area contributed by atoms with E-state index < -0.39 is 0 Å². The molecule has 0 amide bonds. The van der Waals surface area contributed by atoms with E-state index in [9.17, 15) is 0 Å². The van der Waals surface area contributed by atoms with Gasteiger partial charge in [0.2, 0.25) is 0 Å². The summed E-state index contributed by atoms with van der Waals surface area (Å²) in [5, 5.41) is 12.4. The van der Waals surface area contributed by atoms with Gasteiger partial charge in [0, 0.05) is 13.2 Å². The Morgan fingerprint density at radius 2 is 2.19 bits per heavy atom. The van der Waals surface area contributed by atoms with Gasteiger partial charge in [0.15, 0.2) is 0 Å². The Kier molecular flexibility index (Phi) is 7.01. The second kappa shape index (κ2) is 8.04. The highest BCUT2D eigenvalue weighted by Crippen LogP contribution is 2.18. The molecule has 1 aliphatic heterocycles. The summed E-state index contributed by atoms with van der Waals surface area (Å²) in [6.45, 7) is 6.64. The topological polar surface area (TPSA) is 41.5 Å². The average Bonchev–Trinajstić information content (AvgIpc) is 2.65. The van der Waals surface area contributed by atoms with Crippen molar-refractivity contribution in [3.63, 3.8) is 0 Å². The zero-order chi connectivity index (χ0) is 11.8. The summed E-state index contributed by atoms with van der Waals surface area (Å²) >= 11 is 0. The van der Waals surface area contributed by atoms with Crippen LogP contribution in [-0.2, 0) is 4.74 Å². The van der Waals surface area contributed by atoms with Crippen molar-refractivity contribution in [1.29, 1.82) is 0 Å². The van der Waals surface area contributed by atoms with E-state index in [1.54, 1.807) is 0 Å². The van der Waals surface area contributed by atoms with Crippen LogP contribution in [0.2, 0.25) is 0 Å². The van der Waals surface area contributed by atoms with Crippen molar-refractivity contribution >= 4 is 0 Å². The molecule has 3 unspecified atom stereocenters. The first-order valence-corrected chi connectivity index (χ1v) is 6.73. The third kappa shape index (κ3) is 5.28. The quantitative estimate of drug-likeness (QED) is 0.668. The Bertz CT molecular complexity index is 169. The first-order chi connectivity index (χ1) is 7.76. The van der Waals surface area contributed by atoms with Gasteiger partial charge in [-0.05, 0) is 45.1 Å². The maximum atomic E-state index is 8.96. The smallest absolute Gasteiger partial charge is 0.0704 e. The molecule has 0 aliphatic carbocycles. The lowest BCUT2D eigenvalue weighted by atomic mass is 10.0. The number of nitrogens with one attached hydrogen (secondary N) is 1. The summed E-state index contributed by atoms with van der Waals surface area (Å²) in [5.74, 6) is 0.619. The van der Waals surface area contributed by atoms with E-state index in [0.29, 0.717) is 24.7 Å². The SMILES string of the molecule is CCCC(CCO)CNCC1CCC(C)O1. The van der Waals surface area contributed by atoms with Crippen LogP contribution in [0, 0.1) is 5.92 Å². The molecular weight excluding hydrogens is 202 g/mol. The molecule has 1 aliphatic rings. The monoisotopic (exact) mass is 229 g/mol. The summed E-state index contributed by atoms with van der Waals surface area (Å²) in [7, 11) is 0. The summed E-state index contributed by atoms with van der Waals surface area (Å²) in [4.78, 5) is 0. The van der Waals surface area contributed by atoms with Crippen LogP contribution in [0.25, 0.3) is 0 Å². The fourth-order valence-corrected chi connectivity index (χ4v) is 2.42. The van der Waals surface area contributed by atoms with E-state index in [4.69, 9.17) is 9.84 Å². The zero-order valence-electron chi connectivity index (χ0n) is 10.7. The highest BCUT2D eigenvalue weighted by molar-refractivity contribution is 4.73. The predicted octanol–water partition coefficient (Wildman–Crippen LogP) is 1.94. The van der Waals surface area contributed by atoms with Gasteiger partial charge in [-0.25, -0.2) is 0 Å². The number of aliphatic hydroxyl groups is 1. The zero-order valence-corrected chi connectivity index (χ0v) is 10.7. The summed E-state index contributed by atoms with van der Waals surface area (Å²) < 4.78 is 5.75. The molecule has 1 heterocycles. The maximum absolute atomic E-state index is 8.96. The molecule has 1 saturated heterocycles. The van der Waals surface area contributed by atoms with Crippen LogP contribution < -0.4 is 5.32 Å². The molecule has 0 spiro atoms. The Morgan fingerprint density at radius 3 is 2.75 bits per heavy atom. The standard InChI is InChI=1S/C13H27NO2/c1-3-4-12(7-8-15)9-14-10-13-6-5-11(2)16-13/h11-15H,3-10H2,1-2H3.